The van der Waals surface area contributed by atoms with Gasteiger partial charge in [0.15, 0.2) is 11.6 Å². The Kier molecular flexibility index (Phi) is 1.58. The quantitative estimate of drug-likeness (QED) is 0.645. The Bertz CT molecular complexity index is 574. The number of H-pyrrole nitrogens is 1. The molecule has 0 radical (unpaired) electrons. The average Bonchev–Trinajstić information content (AvgIpc) is 2.82. The molecule has 0 aliphatic rings. The van der Waals surface area contributed by atoms with E-state index in [-0.39, 0.29) is 0 Å². The van der Waals surface area contributed by atoms with Crippen LogP contribution in [0.5, 0.6) is 0 Å². The van der Waals surface area contributed by atoms with Crippen molar-refractivity contribution in [3.8, 4) is 5.82 Å². The van der Waals surface area contributed by atoms with Gasteiger partial charge in [-0.2, -0.15) is 0 Å². The number of para-hydroxylation sites is 1. The highest BCUT2D eigenvalue weighted by Crippen LogP contribution is 2.15. The maximum atomic E-state index is 4.14. The molecule has 0 amide bonds. The second-order valence-corrected chi connectivity index (χ2v) is 3.37. The van der Waals surface area contributed by atoms with Gasteiger partial charge in [0.25, 0.3) is 0 Å². The molecule has 2 aromatic heterocycles. The first-order valence-corrected chi connectivity index (χ1v) is 4.68. The molecule has 2 heterocycles. The van der Waals surface area contributed by atoms with Gasteiger partial charge in [0.05, 0.1) is 0 Å². The zero-order valence-electron chi connectivity index (χ0n) is 8.18. The van der Waals surface area contributed by atoms with Gasteiger partial charge >= 0.3 is 0 Å². The highest BCUT2D eigenvalue weighted by Gasteiger charge is 2.04. The Morgan fingerprint density at radius 3 is 2.87 bits per heavy atom. The van der Waals surface area contributed by atoms with Crippen LogP contribution in [-0.2, 0) is 0 Å². The van der Waals surface area contributed by atoms with E-state index in [2.05, 4.69) is 20.4 Å². The minimum Gasteiger partial charge on any atom is -0.338 e. The van der Waals surface area contributed by atoms with Gasteiger partial charge in [0, 0.05) is 10.9 Å². The fourth-order valence-corrected chi connectivity index (χ4v) is 1.55. The third-order valence-electron chi connectivity index (χ3n) is 2.24. The maximum Gasteiger partial charge on any atom is 0.172 e. The third-order valence-corrected chi connectivity index (χ3v) is 2.24. The van der Waals surface area contributed by atoms with Crippen LogP contribution in [0.4, 0.5) is 0 Å². The average molecular weight is 199 g/mol. The number of aromatic nitrogens is 5. The van der Waals surface area contributed by atoms with Gasteiger partial charge in [-0.15, -0.1) is 15.0 Å². The van der Waals surface area contributed by atoms with Crippen molar-refractivity contribution in [2.24, 2.45) is 0 Å². The smallest absolute Gasteiger partial charge is 0.172 e. The molecular formula is C10H9N5. The second kappa shape index (κ2) is 2.91. The summed E-state index contributed by atoms with van der Waals surface area (Å²) in [6, 6.07) is 10.0. The summed E-state index contributed by atoms with van der Waals surface area (Å²) in [5.41, 5.74) is 1.07. The molecule has 1 N–H and O–H groups in total. The van der Waals surface area contributed by atoms with Gasteiger partial charge in [-0.3, -0.25) is 0 Å². The lowest BCUT2D eigenvalue weighted by atomic mass is 10.2. The Morgan fingerprint density at radius 2 is 2.13 bits per heavy atom. The first-order valence-electron chi connectivity index (χ1n) is 4.68. The lowest BCUT2D eigenvalue weighted by molar-refractivity contribution is 0.705. The van der Waals surface area contributed by atoms with E-state index in [1.165, 1.54) is 4.80 Å². The van der Waals surface area contributed by atoms with Crippen LogP contribution < -0.4 is 0 Å². The van der Waals surface area contributed by atoms with Crippen molar-refractivity contribution in [2.75, 3.05) is 0 Å². The molecule has 0 saturated carbocycles. The molecular weight excluding hydrogens is 190 g/mol. The van der Waals surface area contributed by atoms with Crippen molar-refractivity contribution >= 4 is 10.9 Å². The highest BCUT2D eigenvalue weighted by atomic mass is 15.6. The van der Waals surface area contributed by atoms with Crippen LogP contribution in [-0.4, -0.2) is 25.2 Å². The van der Waals surface area contributed by atoms with E-state index in [0.29, 0.717) is 5.82 Å². The van der Waals surface area contributed by atoms with Crippen LogP contribution in [0.2, 0.25) is 0 Å². The standard InChI is InChI=1S/C10H9N5/c1-7-12-14-15(13-7)10-6-8-4-2-3-5-9(8)11-10/h2-6,11H,1H3. The molecule has 1 aromatic carbocycles. The number of benzene rings is 1. The maximum absolute atomic E-state index is 4.14. The van der Waals surface area contributed by atoms with Crippen LogP contribution in [0, 0.1) is 6.92 Å². The van der Waals surface area contributed by atoms with Crippen LogP contribution in [0.1, 0.15) is 5.82 Å². The molecule has 3 aromatic rings. The molecule has 0 aliphatic carbocycles. The number of nitrogens with one attached hydrogen (secondary N) is 1. The number of aromatic amines is 1. The third kappa shape index (κ3) is 1.28. The lowest BCUT2D eigenvalue weighted by Gasteiger charge is -1.90. The first-order chi connectivity index (χ1) is 7.33. The molecule has 0 spiro atoms. The molecule has 5 heteroatoms. The minimum atomic E-state index is 0.661. The first kappa shape index (κ1) is 8.16. The summed E-state index contributed by atoms with van der Waals surface area (Å²) in [4.78, 5) is 4.72. The van der Waals surface area contributed by atoms with E-state index < -0.39 is 0 Å². The van der Waals surface area contributed by atoms with E-state index in [4.69, 9.17) is 0 Å². The summed E-state index contributed by atoms with van der Waals surface area (Å²) in [6.45, 7) is 1.81. The number of fused-ring (bicyclic) bond motifs is 1. The van der Waals surface area contributed by atoms with Gasteiger partial charge in [-0.1, -0.05) is 18.2 Å². The molecule has 74 valence electrons. The van der Waals surface area contributed by atoms with Crippen molar-refractivity contribution < 1.29 is 0 Å². The summed E-state index contributed by atoms with van der Waals surface area (Å²) in [7, 11) is 0. The lowest BCUT2D eigenvalue weighted by Crippen LogP contribution is -1.98. The van der Waals surface area contributed by atoms with Gasteiger partial charge in [0.1, 0.15) is 0 Å². The summed E-state index contributed by atoms with van der Waals surface area (Å²) < 4.78 is 0. The zero-order valence-corrected chi connectivity index (χ0v) is 8.18. The molecule has 5 nitrogen and oxygen atoms in total. The molecule has 15 heavy (non-hydrogen) atoms. The van der Waals surface area contributed by atoms with Crippen LogP contribution in [0.15, 0.2) is 30.3 Å². The molecule has 3 rings (SSSR count). The summed E-state index contributed by atoms with van der Waals surface area (Å²) in [5, 5.41) is 13.0. The number of tetrazole rings is 1. The van der Waals surface area contributed by atoms with Gasteiger partial charge < -0.3 is 4.98 Å². The predicted octanol–water partition coefficient (Wildman–Crippen LogP) is 1.45. The van der Waals surface area contributed by atoms with E-state index in [1.807, 2.05) is 37.3 Å². The van der Waals surface area contributed by atoms with Crippen LogP contribution >= 0.6 is 0 Å². The Balaban J connectivity index is 2.19. The summed E-state index contributed by atoms with van der Waals surface area (Å²) in [5.74, 6) is 1.49. The van der Waals surface area contributed by atoms with Gasteiger partial charge in [-0.25, -0.2) is 0 Å². The Labute approximate surface area is 85.7 Å². The van der Waals surface area contributed by atoms with Crippen molar-refractivity contribution in [1.82, 2.24) is 25.2 Å². The Morgan fingerprint density at radius 1 is 1.27 bits per heavy atom. The number of nitrogens with zero attached hydrogens (tertiary/aromatic N) is 4. The van der Waals surface area contributed by atoms with E-state index in [9.17, 15) is 0 Å². The monoisotopic (exact) mass is 199 g/mol. The fourth-order valence-electron chi connectivity index (χ4n) is 1.55. The summed E-state index contributed by atoms with van der Waals surface area (Å²) >= 11 is 0. The van der Waals surface area contributed by atoms with E-state index in [1.54, 1.807) is 0 Å². The number of hydrogen-bond acceptors (Lipinski definition) is 3. The van der Waals surface area contributed by atoms with E-state index in [0.717, 1.165) is 16.7 Å². The molecule has 0 aliphatic heterocycles. The minimum absolute atomic E-state index is 0.661. The Hall–Kier alpha value is -2.17. The number of rotatable bonds is 1. The van der Waals surface area contributed by atoms with Crippen molar-refractivity contribution in [2.45, 2.75) is 6.92 Å². The molecule has 0 saturated heterocycles. The second-order valence-electron chi connectivity index (χ2n) is 3.37. The van der Waals surface area contributed by atoms with Crippen LogP contribution in [0.25, 0.3) is 16.7 Å². The van der Waals surface area contributed by atoms with Crippen LogP contribution in [0.3, 0.4) is 0 Å². The topological polar surface area (TPSA) is 59.4 Å². The van der Waals surface area contributed by atoms with Crippen molar-refractivity contribution in [3.63, 3.8) is 0 Å². The molecule has 0 unspecified atom stereocenters. The normalized spacial score (nSPS) is 11.0. The van der Waals surface area contributed by atoms with E-state index >= 15 is 0 Å². The van der Waals surface area contributed by atoms with Gasteiger partial charge in [-0.05, 0) is 24.3 Å². The summed E-state index contributed by atoms with van der Waals surface area (Å²) in [6.07, 6.45) is 0. The van der Waals surface area contributed by atoms with Gasteiger partial charge in [0.2, 0.25) is 0 Å². The van der Waals surface area contributed by atoms with Crippen molar-refractivity contribution in [1.29, 1.82) is 0 Å². The largest absolute Gasteiger partial charge is 0.338 e. The zero-order chi connectivity index (χ0) is 10.3. The number of hydrogen-bond donors (Lipinski definition) is 1. The molecule has 0 atom stereocenters. The molecule has 0 bridgehead atoms. The van der Waals surface area contributed by atoms with Crippen molar-refractivity contribution in [3.05, 3.63) is 36.2 Å². The predicted molar refractivity (Wildman–Crippen MR) is 55.7 cm³/mol. The highest BCUT2D eigenvalue weighted by molar-refractivity contribution is 5.81. The molecule has 0 fully saturated rings. The number of aryl methyl sites for hydroxylation is 1. The SMILES string of the molecule is Cc1nnn(-c2cc3ccccc3[nH]2)n1. The fraction of sp³-hybridized carbons (Fsp3) is 0.100.